The van der Waals surface area contributed by atoms with Crippen LogP contribution in [0.1, 0.15) is 11.4 Å². The van der Waals surface area contributed by atoms with Gasteiger partial charge in [-0.25, -0.2) is 9.97 Å². The molecule has 1 unspecified atom stereocenters. The van der Waals surface area contributed by atoms with Gasteiger partial charge in [-0.15, -0.1) is 0 Å². The van der Waals surface area contributed by atoms with Crippen LogP contribution in [0.4, 0.5) is 0 Å². The Morgan fingerprint density at radius 1 is 1.53 bits per heavy atom. The highest BCUT2D eigenvalue weighted by Crippen LogP contribution is 2.14. The van der Waals surface area contributed by atoms with E-state index in [2.05, 4.69) is 26.3 Å². The van der Waals surface area contributed by atoms with Gasteiger partial charge in [-0.05, 0) is 18.6 Å². The van der Waals surface area contributed by atoms with Crippen LogP contribution in [0.25, 0.3) is 11.2 Å². The Balaban J connectivity index is 1.80. The fourth-order valence-electron chi connectivity index (χ4n) is 2.14. The molecule has 1 fully saturated rings. The van der Waals surface area contributed by atoms with E-state index in [9.17, 15) is 0 Å². The van der Waals surface area contributed by atoms with Crippen molar-refractivity contribution in [2.24, 2.45) is 0 Å². The van der Waals surface area contributed by atoms with Gasteiger partial charge >= 0.3 is 0 Å². The average molecular weight is 248 g/mol. The zero-order valence-electron chi connectivity index (χ0n) is 9.86. The summed E-state index contributed by atoms with van der Waals surface area (Å²) in [6.07, 6.45) is 2.82. The summed E-state index contributed by atoms with van der Waals surface area (Å²) in [6, 6.07) is 2.64. The maximum Gasteiger partial charge on any atom is 0.177 e. The second-order valence-electron chi connectivity index (χ2n) is 4.50. The lowest BCUT2D eigenvalue weighted by Crippen LogP contribution is -2.39. The largest absolute Gasteiger partial charge is 0.341 e. The van der Waals surface area contributed by atoms with Crippen LogP contribution in [-0.2, 0) is 6.42 Å². The molecular formula is C12H16N4S. The topological polar surface area (TPSA) is 53.6 Å². The lowest BCUT2D eigenvalue weighted by atomic mass is 10.2. The number of imidazole rings is 1. The van der Waals surface area contributed by atoms with E-state index in [4.69, 9.17) is 0 Å². The number of aromatic nitrogens is 3. The molecule has 0 radical (unpaired) electrons. The Morgan fingerprint density at radius 3 is 3.29 bits per heavy atom. The first-order chi connectivity index (χ1) is 8.31. The summed E-state index contributed by atoms with van der Waals surface area (Å²) in [6.45, 7) is 3.15. The first-order valence-electron chi connectivity index (χ1n) is 5.93. The van der Waals surface area contributed by atoms with Gasteiger partial charge in [-0.3, -0.25) is 0 Å². The van der Waals surface area contributed by atoms with Gasteiger partial charge in [0.05, 0.1) is 5.52 Å². The third kappa shape index (κ3) is 2.45. The molecular weight excluding hydrogens is 232 g/mol. The number of H-pyrrole nitrogens is 1. The van der Waals surface area contributed by atoms with Gasteiger partial charge in [0, 0.05) is 36.7 Å². The van der Waals surface area contributed by atoms with Crippen LogP contribution in [0, 0.1) is 6.92 Å². The van der Waals surface area contributed by atoms with Crippen molar-refractivity contribution >= 4 is 22.9 Å². The van der Waals surface area contributed by atoms with Crippen molar-refractivity contribution in [2.45, 2.75) is 19.4 Å². The number of thioether (sulfide) groups is 1. The number of fused-ring (bicyclic) bond motifs is 1. The standard InChI is InChI=1S/C12H16N4S/c1-8-4-10-12(14-6-8)16-11(15-10)5-9-7-17-3-2-13-9/h4,6,9,13H,2-3,5,7H2,1H3,(H,14,15,16). The zero-order chi connectivity index (χ0) is 11.7. The number of pyridine rings is 1. The predicted molar refractivity (Wildman–Crippen MR) is 71.4 cm³/mol. The first-order valence-corrected chi connectivity index (χ1v) is 7.09. The van der Waals surface area contributed by atoms with E-state index in [1.54, 1.807) is 0 Å². The number of nitrogens with one attached hydrogen (secondary N) is 2. The van der Waals surface area contributed by atoms with Crippen molar-refractivity contribution in [3.63, 3.8) is 0 Å². The van der Waals surface area contributed by atoms with E-state index in [1.165, 1.54) is 17.1 Å². The maximum atomic E-state index is 4.53. The first kappa shape index (κ1) is 11.0. The minimum atomic E-state index is 0.537. The molecule has 2 N–H and O–H groups in total. The van der Waals surface area contributed by atoms with Crippen molar-refractivity contribution < 1.29 is 0 Å². The highest BCUT2D eigenvalue weighted by atomic mass is 32.2. The number of rotatable bonds is 2. The quantitative estimate of drug-likeness (QED) is 0.846. The van der Waals surface area contributed by atoms with Crippen LogP contribution in [-0.4, -0.2) is 39.0 Å². The Kier molecular flexibility index (Phi) is 3.03. The van der Waals surface area contributed by atoms with Crippen molar-refractivity contribution in [2.75, 3.05) is 18.1 Å². The molecule has 5 heteroatoms. The Labute approximate surface area is 105 Å². The van der Waals surface area contributed by atoms with Gasteiger partial charge in [-0.1, -0.05) is 0 Å². The predicted octanol–water partition coefficient (Wildman–Crippen LogP) is 1.51. The highest BCUT2D eigenvalue weighted by Gasteiger charge is 2.15. The zero-order valence-corrected chi connectivity index (χ0v) is 10.7. The Morgan fingerprint density at radius 2 is 2.47 bits per heavy atom. The normalized spacial score (nSPS) is 20.9. The van der Waals surface area contributed by atoms with E-state index in [-0.39, 0.29) is 0 Å². The number of nitrogens with zero attached hydrogens (tertiary/aromatic N) is 2. The van der Waals surface area contributed by atoms with Gasteiger partial charge in [0.1, 0.15) is 5.82 Å². The molecule has 0 saturated carbocycles. The molecule has 3 heterocycles. The van der Waals surface area contributed by atoms with E-state index >= 15 is 0 Å². The van der Waals surface area contributed by atoms with E-state index in [0.717, 1.165) is 30.0 Å². The lowest BCUT2D eigenvalue weighted by molar-refractivity contribution is 0.553. The number of hydrogen-bond acceptors (Lipinski definition) is 4. The van der Waals surface area contributed by atoms with Crippen molar-refractivity contribution in [3.8, 4) is 0 Å². The number of aryl methyl sites for hydroxylation is 1. The van der Waals surface area contributed by atoms with Crippen LogP contribution in [0.5, 0.6) is 0 Å². The van der Waals surface area contributed by atoms with E-state index in [1.807, 2.05) is 24.9 Å². The Hall–Kier alpha value is -1.07. The Bertz CT molecular complexity index is 516. The van der Waals surface area contributed by atoms with Crippen LogP contribution >= 0.6 is 11.8 Å². The molecule has 4 nitrogen and oxygen atoms in total. The minimum absolute atomic E-state index is 0.537. The smallest absolute Gasteiger partial charge is 0.177 e. The fraction of sp³-hybridized carbons (Fsp3) is 0.500. The number of aromatic amines is 1. The second-order valence-corrected chi connectivity index (χ2v) is 5.65. The van der Waals surface area contributed by atoms with Gasteiger partial charge in [0.15, 0.2) is 5.65 Å². The van der Waals surface area contributed by atoms with Crippen molar-refractivity contribution in [1.29, 1.82) is 0 Å². The van der Waals surface area contributed by atoms with Gasteiger partial charge in [0.2, 0.25) is 0 Å². The molecule has 2 aromatic heterocycles. The SMILES string of the molecule is Cc1cnc2nc(CC3CSCCN3)[nH]c2c1. The molecule has 0 aliphatic carbocycles. The van der Waals surface area contributed by atoms with Gasteiger partial charge in [0.25, 0.3) is 0 Å². The molecule has 3 rings (SSSR count). The third-order valence-electron chi connectivity index (χ3n) is 2.96. The molecule has 0 aromatic carbocycles. The second kappa shape index (κ2) is 4.66. The molecule has 2 aromatic rings. The molecule has 1 aliphatic heterocycles. The summed E-state index contributed by atoms with van der Waals surface area (Å²) in [5.41, 5.74) is 3.04. The monoisotopic (exact) mass is 248 g/mol. The van der Waals surface area contributed by atoms with Gasteiger partial charge in [-0.2, -0.15) is 11.8 Å². The number of hydrogen-bond donors (Lipinski definition) is 2. The van der Waals surface area contributed by atoms with Crippen LogP contribution < -0.4 is 5.32 Å². The summed E-state index contributed by atoms with van der Waals surface area (Å²) in [5, 5.41) is 3.52. The molecule has 1 atom stereocenters. The molecule has 0 spiro atoms. The minimum Gasteiger partial charge on any atom is -0.341 e. The van der Waals surface area contributed by atoms with Crippen molar-refractivity contribution in [3.05, 3.63) is 23.7 Å². The summed E-state index contributed by atoms with van der Waals surface area (Å²) < 4.78 is 0. The third-order valence-corrected chi connectivity index (χ3v) is 4.09. The van der Waals surface area contributed by atoms with Crippen LogP contribution in [0.3, 0.4) is 0 Å². The van der Waals surface area contributed by atoms with E-state index < -0.39 is 0 Å². The summed E-state index contributed by atoms with van der Waals surface area (Å²) >= 11 is 2.01. The average Bonchev–Trinajstić information content (AvgIpc) is 2.71. The molecule has 90 valence electrons. The molecule has 17 heavy (non-hydrogen) atoms. The van der Waals surface area contributed by atoms with Crippen molar-refractivity contribution in [1.82, 2.24) is 20.3 Å². The highest BCUT2D eigenvalue weighted by molar-refractivity contribution is 7.99. The van der Waals surface area contributed by atoms with Gasteiger partial charge < -0.3 is 10.3 Å². The van der Waals surface area contributed by atoms with E-state index in [0.29, 0.717) is 6.04 Å². The molecule has 0 amide bonds. The summed E-state index contributed by atoms with van der Waals surface area (Å²) in [7, 11) is 0. The fourth-order valence-corrected chi connectivity index (χ4v) is 3.08. The summed E-state index contributed by atoms with van der Waals surface area (Å²) in [4.78, 5) is 12.2. The molecule has 1 aliphatic rings. The summed E-state index contributed by atoms with van der Waals surface area (Å²) in [5.74, 6) is 3.43. The van der Waals surface area contributed by atoms with Crippen LogP contribution in [0.2, 0.25) is 0 Å². The van der Waals surface area contributed by atoms with Crippen LogP contribution in [0.15, 0.2) is 12.3 Å². The molecule has 1 saturated heterocycles. The lowest BCUT2D eigenvalue weighted by Gasteiger charge is -2.21. The maximum absolute atomic E-state index is 4.53. The molecule has 0 bridgehead atoms.